The van der Waals surface area contributed by atoms with Gasteiger partial charge in [-0.15, -0.1) is 0 Å². The number of aliphatic carboxylic acids is 1. The molecule has 1 aromatic rings. The van der Waals surface area contributed by atoms with E-state index in [9.17, 15) is 13.6 Å². The van der Waals surface area contributed by atoms with Crippen molar-refractivity contribution < 1.29 is 32.9 Å². The van der Waals surface area contributed by atoms with Crippen LogP contribution < -0.4 is 14.2 Å². The first-order valence-electron chi connectivity index (χ1n) is 4.80. The molecule has 0 amide bonds. The Bertz CT molecular complexity index is 459. The zero-order chi connectivity index (χ0) is 13.9. The van der Waals surface area contributed by atoms with Crippen LogP contribution in [0.4, 0.5) is 8.78 Å². The van der Waals surface area contributed by atoms with Crippen molar-refractivity contribution in [1.29, 1.82) is 0 Å². The molecule has 1 N–H and O–H groups in total. The molecule has 0 aliphatic carbocycles. The molecule has 1 aromatic carbocycles. The molecule has 0 saturated carbocycles. The van der Waals surface area contributed by atoms with Crippen LogP contribution in [0.2, 0.25) is 0 Å². The highest BCUT2D eigenvalue weighted by atomic mass is 19.3. The predicted molar refractivity (Wildman–Crippen MR) is 57.6 cm³/mol. The fraction of sp³-hybridized carbons (Fsp3) is 0.364. The Hall–Kier alpha value is -2.05. The molecule has 18 heavy (non-hydrogen) atoms. The molecule has 0 heterocycles. The highest BCUT2D eigenvalue weighted by Gasteiger charge is 2.44. The molecule has 0 fully saturated rings. The molecule has 5 nitrogen and oxygen atoms in total. The lowest BCUT2D eigenvalue weighted by Crippen LogP contribution is -2.26. The van der Waals surface area contributed by atoms with E-state index in [2.05, 4.69) is 0 Å². The standard InChI is InChI=1S/C11H12F2O5/c1-16-7-5-9(18-3)8(17-2)4-6(7)11(12,13)10(14)15/h4-5H,1-3H3,(H,14,15). The Kier molecular flexibility index (Phi) is 3.95. The van der Waals surface area contributed by atoms with Gasteiger partial charge >= 0.3 is 11.9 Å². The number of hydrogen-bond donors (Lipinski definition) is 1. The number of ether oxygens (including phenoxy) is 3. The molecule has 0 bridgehead atoms. The topological polar surface area (TPSA) is 65.0 Å². The lowest BCUT2D eigenvalue weighted by Gasteiger charge is -2.18. The van der Waals surface area contributed by atoms with Gasteiger partial charge in [-0.3, -0.25) is 0 Å². The monoisotopic (exact) mass is 262 g/mol. The molecular formula is C11H12F2O5. The maximum Gasteiger partial charge on any atom is 0.379 e. The first-order chi connectivity index (χ1) is 8.38. The third-order valence-electron chi connectivity index (χ3n) is 2.31. The van der Waals surface area contributed by atoms with Crippen LogP contribution in [0.25, 0.3) is 0 Å². The summed E-state index contributed by atoms with van der Waals surface area (Å²) in [5.74, 6) is -6.48. The summed E-state index contributed by atoms with van der Waals surface area (Å²) in [6.45, 7) is 0. The summed E-state index contributed by atoms with van der Waals surface area (Å²) in [7, 11) is 3.74. The molecule has 0 saturated heterocycles. The van der Waals surface area contributed by atoms with Crippen LogP contribution in [-0.2, 0) is 10.7 Å². The Morgan fingerprint density at radius 2 is 1.50 bits per heavy atom. The second kappa shape index (κ2) is 5.07. The van der Waals surface area contributed by atoms with Crippen molar-refractivity contribution in [1.82, 2.24) is 0 Å². The average molecular weight is 262 g/mol. The summed E-state index contributed by atoms with van der Waals surface area (Å²) in [5, 5.41) is 8.53. The van der Waals surface area contributed by atoms with Crippen molar-refractivity contribution in [3.05, 3.63) is 17.7 Å². The summed E-state index contributed by atoms with van der Waals surface area (Å²) in [6.07, 6.45) is 0. The summed E-state index contributed by atoms with van der Waals surface area (Å²) < 4.78 is 41.5. The number of alkyl halides is 2. The van der Waals surface area contributed by atoms with Gasteiger partial charge in [-0.25, -0.2) is 4.79 Å². The van der Waals surface area contributed by atoms with E-state index in [0.29, 0.717) is 0 Å². The SMILES string of the molecule is COc1cc(OC)c(C(F)(F)C(=O)O)cc1OC. The van der Waals surface area contributed by atoms with E-state index in [1.807, 2.05) is 0 Å². The third kappa shape index (κ3) is 2.29. The predicted octanol–water partition coefficient (Wildman–Crippen LogP) is 1.89. The number of halogens is 2. The Morgan fingerprint density at radius 3 is 1.89 bits per heavy atom. The zero-order valence-corrected chi connectivity index (χ0v) is 9.99. The summed E-state index contributed by atoms with van der Waals surface area (Å²) in [4.78, 5) is 10.6. The van der Waals surface area contributed by atoms with E-state index in [1.54, 1.807) is 0 Å². The van der Waals surface area contributed by atoms with Crippen LogP contribution in [0.15, 0.2) is 12.1 Å². The van der Waals surface area contributed by atoms with E-state index < -0.39 is 17.5 Å². The van der Waals surface area contributed by atoms with E-state index in [4.69, 9.17) is 19.3 Å². The molecule has 0 aliphatic rings. The summed E-state index contributed by atoms with van der Waals surface area (Å²) >= 11 is 0. The molecule has 0 unspecified atom stereocenters. The minimum Gasteiger partial charge on any atom is -0.496 e. The Balaban J connectivity index is 3.48. The van der Waals surface area contributed by atoms with Gasteiger partial charge in [0.1, 0.15) is 5.75 Å². The molecule has 7 heteroatoms. The van der Waals surface area contributed by atoms with Gasteiger partial charge in [-0.05, 0) is 6.07 Å². The highest BCUT2D eigenvalue weighted by molar-refractivity contribution is 5.79. The van der Waals surface area contributed by atoms with E-state index in [1.165, 1.54) is 14.2 Å². The zero-order valence-electron chi connectivity index (χ0n) is 9.99. The van der Waals surface area contributed by atoms with Crippen molar-refractivity contribution >= 4 is 5.97 Å². The molecule has 0 atom stereocenters. The molecule has 100 valence electrons. The van der Waals surface area contributed by atoms with Crippen LogP contribution in [0.3, 0.4) is 0 Å². The fourth-order valence-electron chi connectivity index (χ4n) is 1.39. The number of hydrogen-bond acceptors (Lipinski definition) is 4. The third-order valence-corrected chi connectivity index (χ3v) is 2.31. The number of methoxy groups -OCH3 is 3. The van der Waals surface area contributed by atoms with Crippen LogP contribution in [-0.4, -0.2) is 32.4 Å². The molecule has 0 aliphatic heterocycles. The summed E-state index contributed by atoms with van der Waals surface area (Å²) in [5.41, 5.74) is -0.796. The molecular weight excluding hydrogens is 250 g/mol. The van der Waals surface area contributed by atoms with Gasteiger partial charge in [0.25, 0.3) is 0 Å². The van der Waals surface area contributed by atoms with Crippen molar-refractivity contribution in [3.63, 3.8) is 0 Å². The first kappa shape index (κ1) is 14.0. The quantitative estimate of drug-likeness (QED) is 0.877. The number of benzene rings is 1. The van der Waals surface area contributed by atoms with Gasteiger partial charge in [-0.2, -0.15) is 8.78 Å². The van der Waals surface area contributed by atoms with Gasteiger partial charge in [0.15, 0.2) is 11.5 Å². The maximum atomic E-state index is 13.5. The first-order valence-corrected chi connectivity index (χ1v) is 4.80. The number of carboxylic acids is 1. The highest BCUT2D eigenvalue weighted by Crippen LogP contribution is 2.42. The largest absolute Gasteiger partial charge is 0.496 e. The van der Waals surface area contributed by atoms with E-state index in [0.717, 1.165) is 19.2 Å². The summed E-state index contributed by atoms with van der Waals surface area (Å²) in [6, 6.07) is 2.02. The normalized spacial score (nSPS) is 10.9. The minimum atomic E-state index is -4.08. The second-order valence-corrected chi connectivity index (χ2v) is 3.29. The van der Waals surface area contributed by atoms with Crippen molar-refractivity contribution in [2.75, 3.05) is 21.3 Å². The lowest BCUT2D eigenvalue weighted by atomic mass is 10.1. The lowest BCUT2D eigenvalue weighted by molar-refractivity contribution is -0.166. The molecule has 0 aromatic heterocycles. The molecule has 0 radical (unpaired) electrons. The Labute approximate surface area is 102 Å². The molecule has 0 spiro atoms. The smallest absolute Gasteiger partial charge is 0.379 e. The number of carbonyl (C=O) groups is 1. The van der Waals surface area contributed by atoms with Crippen LogP contribution in [0.1, 0.15) is 5.56 Å². The Morgan fingerprint density at radius 1 is 1.06 bits per heavy atom. The van der Waals surface area contributed by atoms with Crippen molar-refractivity contribution in [2.45, 2.75) is 5.92 Å². The average Bonchev–Trinajstić information content (AvgIpc) is 2.36. The van der Waals surface area contributed by atoms with Gasteiger partial charge in [0.05, 0.1) is 26.9 Å². The van der Waals surface area contributed by atoms with Gasteiger partial charge < -0.3 is 19.3 Å². The van der Waals surface area contributed by atoms with Crippen LogP contribution in [0.5, 0.6) is 17.2 Å². The maximum absolute atomic E-state index is 13.5. The van der Waals surface area contributed by atoms with E-state index >= 15 is 0 Å². The number of carboxylic acid groups (broad SMARTS) is 1. The van der Waals surface area contributed by atoms with Crippen LogP contribution in [0, 0.1) is 0 Å². The second-order valence-electron chi connectivity index (χ2n) is 3.29. The van der Waals surface area contributed by atoms with Crippen molar-refractivity contribution in [2.24, 2.45) is 0 Å². The van der Waals surface area contributed by atoms with E-state index in [-0.39, 0.29) is 17.2 Å². The van der Waals surface area contributed by atoms with Gasteiger partial charge in [-0.1, -0.05) is 0 Å². The van der Waals surface area contributed by atoms with Crippen molar-refractivity contribution in [3.8, 4) is 17.2 Å². The fourth-order valence-corrected chi connectivity index (χ4v) is 1.39. The number of rotatable bonds is 5. The van der Waals surface area contributed by atoms with Gasteiger partial charge in [0.2, 0.25) is 0 Å². The minimum absolute atomic E-state index is 0.00535. The molecule has 1 rings (SSSR count). The van der Waals surface area contributed by atoms with Crippen LogP contribution >= 0.6 is 0 Å². The van der Waals surface area contributed by atoms with Gasteiger partial charge in [0, 0.05) is 6.07 Å².